The van der Waals surface area contributed by atoms with E-state index >= 15 is 0 Å². The summed E-state index contributed by atoms with van der Waals surface area (Å²) in [7, 11) is 0. The summed E-state index contributed by atoms with van der Waals surface area (Å²) in [5.74, 6) is 0. The lowest BCUT2D eigenvalue weighted by Gasteiger charge is -2.09. The molecule has 1 N–H and O–H groups in total. The molecule has 1 amide bonds. The average Bonchev–Trinajstić information content (AvgIpc) is 2.54. The van der Waals surface area contributed by atoms with Crippen molar-refractivity contribution in [3.05, 3.63) is 72.6 Å². The normalized spacial score (nSPS) is 10.3. The second-order valence-electron chi connectivity index (χ2n) is 4.59. The van der Waals surface area contributed by atoms with Crippen molar-refractivity contribution >= 4 is 22.6 Å². The van der Waals surface area contributed by atoms with Gasteiger partial charge in [0.2, 0.25) is 0 Å². The third-order valence-corrected chi connectivity index (χ3v) is 3.12. The number of anilines is 1. The fraction of sp³-hybridized carbons (Fsp3) is 0.0588. The molecule has 0 bridgehead atoms. The minimum Gasteiger partial charge on any atom is -0.444 e. The predicted molar refractivity (Wildman–Crippen MR) is 82.0 cm³/mol. The summed E-state index contributed by atoms with van der Waals surface area (Å²) in [5.41, 5.74) is 1.59. The zero-order valence-corrected chi connectivity index (χ0v) is 11.3. The van der Waals surface area contributed by atoms with E-state index in [4.69, 9.17) is 4.74 Å². The fourth-order valence-electron chi connectivity index (χ4n) is 2.11. The highest BCUT2D eigenvalue weighted by atomic mass is 16.5. The third-order valence-electron chi connectivity index (χ3n) is 3.12. The number of hydrogen-bond acceptors (Lipinski definition) is 3. The maximum Gasteiger partial charge on any atom is 0.411 e. The highest BCUT2D eigenvalue weighted by Crippen LogP contribution is 2.23. The number of amides is 1. The van der Waals surface area contributed by atoms with E-state index in [-0.39, 0.29) is 6.61 Å². The zero-order valence-electron chi connectivity index (χ0n) is 11.3. The number of nitrogens with one attached hydrogen (secondary N) is 1. The highest BCUT2D eigenvalue weighted by Gasteiger charge is 2.06. The first-order chi connectivity index (χ1) is 10.3. The van der Waals surface area contributed by atoms with Crippen LogP contribution in [0.25, 0.3) is 10.8 Å². The van der Waals surface area contributed by atoms with Crippen molar-refractivity contribution < 1.29 is 9.53 Å². The lowest BCUT2D eigenvalue weighted by atomic mass is 10.1. The number of carbonyl (C=O) groups is 1. The van der Waals surface area contributed by atoms with Gasteiger partial charge in [0.1, 0.15) is 6.61 Å². The maximum absolute atomic E-state index is 11.9. The number of rotatable bonds is 3. The van der Waals surface area contributed by atoms with Crippen molar-refractivity contribution in [1.82, 2.24) is 4.98 Å². The first-order valence-corrected chi connectivity index (χ1v) is 6.63. The largest absolute Gasteiger partial charge is 0.444 e. The highest BCUT2D eigenvalue weighted by molar-refractivity contribution is 6.00. The van der Waals surface area contributed by atoms with Gasteiger partial charge in [0.25, 0.3) is 0 Å². The lowest BCUT2D eigenvalue weighted by Crippen LogP contribution is -2.13. The molecule has 0 atom stereocenters. The number of benzene rings is 2. The van der Waals surface area contributed by atoms with E-state index in [1.165, 1.54) is 0 Å². The monoisotopic (exact) mass is 278 g/mol. The van der Waals surface area contributed by atoms with E-state index in [9.17, 15) is 4.79 Å². The van der Waals surface area contributed by atoms with Crippen LogP contribution >= 0.6 is 0 Å². The quantitative estimate of drug-likeness (QED) is 0.788. The van der Waals surface area contributed by atoms with Gasteiger partial charge < -0.3 is 4.74 Å². The number of pyridine rings is 1. The van der Waals surface area contributed by atoms with E-state index in [1.807, 2.05) is 48.5 Å². The molecule has 3 aromatic rings. The molecule has 0 aliphatic heterocycles. The van der Waals surface area contributed by atoms with E-state index in [0.29, 0.717) is 0 Å². The molecule has 0 aliphatic rings. The van der Waals surface area contributed by atoms with Gasteiger partial charge in [-0.15, -0.1) is 0 Å². The summed E-state index contributed by atoms with van der Waals surface area (Å²) in [6.45, 7) is 0.199. The standard InChI is InChI=1S/C17H14N2O2/c20-17(21-12-13-5-4-10-18-11-13)19-16-9-3-7-14-6-1-2-8-15(14)16/h1-11H,12H2,(H,19,20). The van der Waals surface area contributed by atoms with Crippen LogP contribution in [0.2, 0.25) is 0 Å². The third kappa shape index (κ3) is 3.17. The molecular weight excluding hydrogens is 264 g/mol. The maximum atomic E-state index is 11.9. The second kappa shape index (κ2) is 6.05. The lowest BCUT2D eigenvalue weighted by molar-refractivity contribution is 0.155. The number of fused-ring (bicyclic) bond motifs is 1. The van der Waals surface area contributed by atoms with Crippen LogP contribution in [0, 0.1) is 0 Å². The summed E-state index contributed by atoms with van der Waals surface area (Å²) in [5, 5.41) is 4.83. The van der Waals surface area contributed by atoms with Gasteiger partial charge in [-0.05, 0) is 17.5 Å². The molecule has 0 spiro atoms. The molecule has 2 aromatic carbocycles. The van der Waals surface area contributed by atoms with E-state index in [0.717, 1.165) is 22.0 Å². The van der Waals surface area contributed by atoms with E-state index in [2.05, 4.69) is 10.3 Å². The van der Waals surface area contributed by atoms with Crippen LogP contribution in [0.5, 0.6) is 0 Å². The van der Waals surface area contributed by atoms with Gasteiger partial charge in [-0.3, -0.25) is 10.3 Å². The number of ether oxygens (including phenoxy) is 1. The van der Waals surface area contributed by atoms with E-state index in [1.54, 1.807) is 18.5 Å². The minimum absolute atomic E-state index is 0.199. The van der Waals surface area contributed by atoms with Crippen molar-refractivity contribution in [1.29, 1.82) is 0 Å². The van der Waals surface area contributed by atoms with E-state index < -0.39 is 6.09 Å². The van der Waals surface area contributed by atoms with Crippen molar-refractivity contribution in [2.45, 2.75) is 6.61 Å². The van der Waals surface area contributed by atoms with Crippen molar-refractivity contribution in [2.75, 3.05) is 5.32 Å². The van der Waals surface area contributed by atoms with Gasteiger partial charge >= 0.3 is 6.09 Å². The number of carbonyl (C=O) groups excluding carboxylic acids is 1. The summed E-state index contributed by atoms with van der Waals surface area (Å²) < 4.78 is 5.19. The first kappa shape index (κ1) is 13.1. The van der Waals surface area contributed by atoms with Crippen LogP contribution < -0.4 is 5.32 Å². The molecule has 3 rings (SSSR count). The molecule has 0 unspecified atom stereocenters. The SMILES string of the molecule is O=C(Nc1cccc2ccccc12)OCc1cccnc1. The van der Waals surface area contributed by atoms with Gasteiger partial charge in [0.15, 0.2) is 0 Å². The Hall–Kier alpha value is -2.88. The Kier molecular flexibility index (Phi) is 3.78. The average molecular weight is 278 g/mol. The molecule has 0 saturated carbocycles. The number of hydrogen-bond donors (Lipinski definition) is 1. The van der Waals surface area contributed by atoms with Crippen molar-refractivity contribution in [2.24, 2.45) is 0 Å². The Morgan fingerprint density at radius 1 is 1.05 bits per heavy atom. The molecule has 4 nitrogen and oxygen atoms in total. The molecule has 0 aliphatic carbocycles. The van der Waals surface area contributed by atoms with Gasteiger partial charge in [-0.25, -0.2) is 4.79 Å². The number of nitrogens with zero attached hydrogens (tertiary/aromatic N) is 1. The zero-order chi connectivity index (χ0) is 14.5. The van der Waals surface area contributed by atoms with Crippen LogP contribution in [0.15, 0.2) is 67.0 Å². The Balaban J connectivity index is 1.69. The summed E-state index contributed by atoms with van der Waals surface area (Å²) >= 11 is 0. The molecular formula is C17H14N2O2. The van der Waals surface area contributed by atoms with Crippen LogP contribution in [0.4, 0.5) is 10.5 Å². The Labute approximate surface area is 122 Å². The predicted octanol–water partition coefficient (Wildman–Crippen LogP) is 3.98. The van der Waals surface area contributed by atoms with Gasteiger partial charge in [0.05, 0.1) is 5.69 Å². The second-order valence-corrected chi connectivity index (χ2v) is 4.59. The van der Waals surface area contributed by atoms with Crippen LogP contribution in [-0.4, -0.2) is 11.1 Å². The molecule has 1 heterocycles. The van der Waals surface area contributed by atoms with Crippen molar-refractivity contribution in [3.63, 3.8) is 0 Å². The first-order valence-electron chi connectivity index (χ1n) is 6.63. The van der Waals surface area contributed by atoms with Crippen molar-refractivity contribution in [3.8, 4) is 0 Å². The smallest absolute Gasteiger partial charge is 0.411 e. The molecule has 0 radical (unpaired) electrons. The molecule has 1 aromatic heterocycles. The summed E-state index contributed by atoms with van der Waals surface area (Å²) in [4.78, 5) is 15.9. The fourth-order valence-corrected chi connectivity index (χ4v) is 2.11. The summed E-state index contributed by atoms with van der Waals surface area (Å²) in [6, 6.07) is 17.3. The van der Waals surface area contributed by atoms with Crippen LogP contribution in [0.3, 0.4) is 0 Å². The molecule has 104 valence electrons. The van der Waals surface area contributed by atoms with Crippen LogP contribution in [0.1, 0.15) is 5.56 Å². The topological polar surface area (TPSA) is 51.2 Å². The van der Waals surface area contributed by atoms with Gasteiger partial charge in [0, 0.05) is 23.3 Å². The molecule has 21 heavy (non-hydrogen) atoms. The Morgan fingerprint density at radius 2 is 1.90 bits per heavy atom. The number of aromatic nitrogens is 1. The molecule has 4 heteroatoms. The van der Waals surface area contributed by atoms with Gasteiger partial charge in [-0.2, -0.15) is 0 Å². The summed E-state index contributed by atoms with van der Waals surface area (Å²) in [6.07, 6.45) is 2.88. The van der Waals surface area contributed by atoms with Gasteiger partial charge in [-0.1, -0.05) is 42.5 Å². The Bertz CT molecular complexity index is 752. The molecule has 0 saturated heterocycles. The minimum atomic E-state index is -0.477. The van der Waals surface area contributed by atoms with Crippen LogP contribution in [-0.2, 0) is 11.3 Å². The molecule has 0 fully saturated rings. The Morgan fingerprint density at radius 3 is 2.76 bits per heavy atom.